The Kier molecular flexibility index (Phi) is 4.79. The average Bonchev–Trinajstić information content (AvgIpc) is 2.40. The quantitative estimate of drug-likeness (QED) is 0.857. The Labute approximate surface area is 111 Å². The first-order valence-electron chi connectivity index (χ1n) is 7.32. The van der Waals surface area contributed by atoms with Crippen LogP contribution in [0.5, 0.6) is 0 Å². The fraction of sp³-hybridized carbons (Fsp3) is 0.625. The number of rotatable bonds is 4. The van der Waals surface area contributed by atoms with Crippen LogP contribution in [0.1, 0.15) is 50.2 Å². The van der Waals surface area contributed by atoms with Crippen molar-refractivity contribution in [1.29, 1.82) is 0 Å². The summed E-state index contributed by atoms with van der Waals surface area (Å²) in [6.07, 6.45) is 4.68. The van der Waals surface area contributed by atoms with Crippen LogP contribution in [-0.4, -0.2) is 18.6 Å². The van der Waals surface area contributed by atoms with Crippen LogP contribution < -0.4 is 11.1 Å². The molecule has 1 aromatic carbocycles. The van der Waals surface area contributed by atoms with E-state index in [-0.39, 0.29) is 0 Å². The molecule has 1 fully saturated rings. The van der Waals surface area contributed by atoms with Crippen molar-refractivity contribution in [1.82, 2.24) is 5.32 Å². The van der Waals surface area contributed by atoms with Crippen molar-refractivity contribution >= 4 is 0 Å². The van der Waals surface area contributed by atoms with E-state index in [1.54, 1.807) is 0 Å². The van der Waals surface area contributed by atoms with Crippen molar-refractivity contribution in [3.63, 3.8) is 0 Å². The van der Waals surface area contributed by atoms with Crippen LogP contribution in [0.3, 0.4) is 0 Å². The molecular formula is C16H26N2. The van der Waals surface area contributed by atoms with Crippen LogP contribution in [0, 0.1) is 0 Å². The van der Waals surface area contributed by atoms with Crippen LogP contribution in [0.25, 0.3) is 0 Å². The Morgan fingerprint density at radius 3 is 2.56 bits per heavy atom. The van der Waals surface area contributed by atoms with Crippen LogP contribution in [0.4, 0.5) is 0 Å². The molecular weight excluding hydrogens is 220 g/mol. The predicted octanol–water partition coefficient (Wildman–Crippen LogP) is 2.82. The Morgan fingerprint density at radius 1 is 1.22 bits per heavy atom. The minimum Gasteiger partial charge on any atom is -0.327 e. The van der Waals surface area contributed by atoms with E-state index in [0.717, 1.165) is 13.0 Å². The molecule has 1 saturated heterocycles. The molecule has 3 atom stereocenters. The zero-order chi connectivity index (χ0) is 13.0. The largest absolute Gasteiger partial charge is 0.327 e. The van der Waals surface area contributed by atoms with Crippen molar-refractivity contribution in [2.24, 2.45) is 5.73 Å². The predicted molar refractivity (Wildman–Crippen MR) is 77.9 cm³/mol. The van der Waals surface area contributed by atoms with Gasteiger partial charge in [-0.1, -0.05) is 44.5 Å². The molecule has 1 aromatic rings. The Balaban J connectivity index is 2.12. The topological polar surface area (TPSA) is 38.0 Å². The first-order valence-corrected chi connectivity index (χ1v) is 7.32. The van der Waals surface area contributed by atoms with Gasteiger partial charge in [0.15, 0.2) is 0 Å². The van der Waals surface area contributed by atoms with Gasteiger partial charge in [0.1, 0.15) is 0 Å². The molecule has 0 bridgehead atoms. The second-order valence-electron chi connectivity index (χ2n) is 5.52. The molecule has 0 saturated carbocycles. The summed E-state index contributed by atoms with van der Waals surface area (Å²) in [7, 11) is 0. The summed E-state index contributed by atoms with van der Waals surface area (Å²) in [6.45, 7) is 5.45. The first-order chi connectivity index (χ1) is 8.74. The van der Waals surface area contributed by atoms with Gasteiger partial charge in [0.25, 0.3) is 0 Å². The van der Waals surface area contributed by atoms with Gasteiger partial charge in [-0.15, -0.1) is 0 Å². The number of hydrogen-bond acceptors (Lipinski definition) is 2. The van der Waals surface area contributed by atoms with E-state index in [9.17, 15) is 0 Å². The zero-order valence-corrected chi connectivity index (χ0v) is 11.7. The summed E-state index contributed by atoms with van der Waals surface area (Å²) in [5, 5.41) is 3.58. The molecule has 0 radical (unpaired) electrons. The van der Waals surface area contributed by atoms with Gasteiger partial charge < -0.3 is 11.1 Å². The van der Waals surface area contributed by atoms with Gasteiger partial charge in [-0.3, -0.25) is 0 Å². The molecule has 0 amide bonds. The Bertz CT molecular complexity index is 358. The highest BCUT2D eigenvalue weighted by Gasteiger charge is 2.28. The number of benzene rings is 1. The van der Waals surface area contributed by atoms with Gasteiger partial charge in [-0.2, -0.15) is 0 Å². The molecule has 2 rings (SSSR count). The van der Waals surface area contributed by atoms with Crippen molar-refractivity contribution in [3.05, 3.63) is 35.4 Å². The summed E-state index contributed by atoms with van der Waals surface area (Å²) in [5.74, 6) is 0.578. The van der Waals surface area contributed by atoms with E-state index >= 15 is 0 Å². The molecule has 2 nitrogen and oxygen atoms in total. The van der Waals surface area contributed by atoms with Crippen LogP contribution >= 0.6 is 0 Å². The van der Waals surface area contributed by atoms with Crippen molar-refractivity contribution < 1.29 is 0 Å². The van der Waals surface area contributed by atoms with E-state index < -0.39 is 0 Å². The lowest BCUT2D eigenvalue weighted by Crippen LogP contribution is -2.49. The third kappa shape index (κ3) is 3.12. The maximum absolute atomic E-state index is 6.09. The van der Waals surface area contributed by atoms with Crippen LogP contribution in [-0.2, 0) is 6.42 Å². The summed E-state index contributed by atoms with van der Waals surface area (Å²) < 4.78 is 0. The number of piperidine rings is 1. The summed E-state index contributed by atoms with van der Waals surface area (Å²) in [5.41, 5.74) is 8.99. The minimum atomic E-state index is 0.299. The summed E-state index contributed by atoms with van der Waals surface area (Å²) in [6, 6.07) is 10.1. The zero-order valence-electron chi connectivity index (χ0n) is 11.7. The average molecular weight is 246 g/mol. The van der Waals surface area contributed by atoms with Gasteiger partial charge in [0.2, 0.25) is 0 Å². The number of hydrogen-bond donors (Lipinski definition) is 2. The molecule has 3 unspecified atom stereocenters. The molecule has 3 N–H and O–H groups in total. The van der Waals surface area contributed by atoms with Crippen molar-refractivity contribution in [3.8, 4) is 0 Å². The Morgan fingerprint density at radius 2 is 1.94 bits per heavy atom. The molecule has 0 aliphatic carbocycles. The Hall–Kier alpha value is -0.860. The van der Waals surface area contributed by atoms with Gasteiger partial charge in [0, 0.05) is 24.5 Å². The monoisotopic (exact) mass is 246 g/mol. The van der Waals surface area contributed by atoms with Crippen molar-refractivity contribution in [2.45, 2.75) is 57.5 Å². The normalized spacial score (nSPS) is 28.3. The van der Waals surface area contributed by atoms with E-state index in [4.69, 9.17) is 5.73 Å². The highest BCUT2D eigenvalue weighted by molar-refractivity contribution is 5.27. The van der Waals surface area contributed by atoms with Gasteiger partial charge in [-0.25, -0.2) is 0 Å². The summed E-state index contributed by atoms with van der Waals surface area (Å²) >= 11 is 0. The number of aryl methyl sites for hydroxylation is 1. The lowest BCUT2D eigenvalue weighted by atomic mass is 9.81. The molecule has 18 heavy (non-hydrogen) atoms. The second-order valence-corrected chi connectivity index (χ2v) is 5.52. The number of nitrogens with one attached hydrogen (secondary N) is 1. The van der Waals surface area contributed by atoms with E-state index in [1.807, 2.05) is 0 Å². The minimum absolute atomic E-state index is 0.299. The number of nitrogens with two attached hydrogens (primary N) is 1. The third-order valence-corrected chi connectivity index (χ3v) is 4.07. The van der Waals surface area contributed by atoms with Gasteiger partial charge in [-0.05, 0) is 30.4 Å². The molecule has 2 heteroatoms. The second kappa shape index (κ2) is 6.35. The standard InChI is InChI=1S/C16H26N2/c1-3-5-12-6-8-13(9-7-12)15-10-14(17)11-18-16(15)4-2/h6-9,14-16,18H,3-5,10-11,17H2,1-2H3. The van der Waals surface area contributed by atoms with E-state index in [2.05, 4.69) is 43.4 Å². The highest BCUT2D eigenvalue weighted by atomic mass is 15.0. The molecule has 1 aliphatic rings. The first kappa shape index (κ1) is 13.6. The molecule has 1 aliphatic heterocycles. The van der Waals surface area contributed by atoms with Crippen molar-refractivity contribution in [2.75, 3.05) is 6.54 Å². The fourth-order valence-corrected chi connectivity index (χ4v) is 3.04. The highest BCUT2D eigenvalue weighted by Crippen LogP contribution is 2.29. The van der Waals surface area contributed by atoms with Crippen LogP contribution in [0.15, 0.2) is 24.3 Å². The lowest BCUT2D eigenvalue weighted by molar-refractivity contribution is 0.314. The summed E-state index contributed by atoms with van der Waals surface area (Å²) in [4.78, 5) is 0. The fourth-order valence-electron chi connectivity index (χ4n) is 3.04. The molecule has 1 heterocycles. The SMILES string of the molecule is CCCc1ccc(C2CC(N)CNC2CC)cc1. The third-order valence-electron chi connectivity index (χ3n) is 4.07. The maximum atomic E-state index is 6.09. The molecule has 0 spiro atoms. The molecule has 0 aromatic heterocycles. The van der Waals surface area contributed by atoms with Gasteiger partial charge >= 0.3 is 0 Å². The van der Waals surface area contributed by atoms with E-state index in [0.29, 0.717) is 18.0 Å². The smallest absolute Gasteiger partial charge is 0.0171 e. The van der Waals surface area contributed by atoms with Crippen LogP contribution in [0.2, 0.25) is 0 Å². The van der Waals surface area contributed by atoms with E-state index in [1.165, 1.54) is 30.4 Å². The molecule has 100 valence electrons. The lowest BCUT2D eigenvalue weighted by Gasteiger charge is -2.35. The van der Waals surface area contributed by atoms with Gasteiger partial charge in [0.05, 0.1) is 0 Å². The maximum Gasteiger partial charge on any atom is 0.0171 e.